The van der Waals surface area contributed by atoms with Crippen molar-refractivity contribution < 1.29 is 19.1 Å². The minimum atomic E-state index is -0.419. The first kappa shape index (κ1) is 31.3. The molecule has 3 aromatic rings. The van der Waals surface area contributed by atoms with Crippen LogP contribution in [0.5, 0.6) is 0 Å². The fourth-order valence-electron chi connectivity index (χ4n) is 8.05. The van der Waals surface area contributed by atoms with E-state index in [1.807, 2.05) is 24.3 Å². The Labute approximate surface area is 268 Å². The minimum Gasteiger partial charge on any atom is -0.462 e. The molecule has 0 spiro atoms. The molecule has 45 heavy (non-hydrogen) atoms. The Bertz CT molecular complexity index is 1380. The fourth-order valence-corrected chi connectivity index (χ4v) is 8.05. The van der Waals surface area contributed by atoms with Crippen LogP contribution in [0, 0.1) is 11.8 Å². The number of carbonyl (C=O) groups excluding carboxylic acids is 3. The molecule has 2 amide bonds. The van der Waals surface area contributed by atoms with Crippen LogP contribution in [0.25, 0.3) is 0 Å². The third-order valence-electron chi connectivity index (χ3n) is 10.3. The fraction of sp³-hybridized carbons (Fsp3) is 0.475. The van der Waals surface area contributed by atoms with Gasteiger partial charge in [0.2, 0.25) is 11.8 Å². The maximum atomic E-state index is 14.0. The molecule has 0 saturated carbocycles. The Morgan fingerprint density at radius 1 is 0.578 bits per heavy atom. The van der Waals surface area contributed by atoms with E-state index in [1.165, 1.54) is 75.5 Å². The summed E-state index contributed by atoms with van der Waals surface area (Å²) in [6, 6.07) is 23.3. The van der Waals surface area contributed by atoms with E-state index in [4.69, 9.17) is 4.74 Å². The summed E-state index contributed by atoms with van der Waals surface area (Å²) in [7, 11) is 0. The summed E-state index contributed by atoms with van der Waals surface area (Å²) >= 11 is 0. The lowest BCUT2D eigenvalue weighted by atomic mass is 9.55. The highest BCUT2D eigenvalue weighted by Crippen LogP contribution is 2.61. The van der Waals surface area contributed by atoms with E-state index in [1.54, 1.807) is 24.3 Å². The summed E-state index contributed by atoms with van der Waals surface area (Å²) in [4.78, 5) is 42.0. The Morgan fingerprint density at radius 3 is 1.40 bits per heavy atom. The highest BCUT2D eigenvalue weighted by Gasteiger charge is 2.61. The van der Waals surface area contributed by atoms with Gasteiger partial charge in [0.15, 0.2) is 0 Å². The highest BCUT2D eigenvalue weighted by molar-refractivity contribution is 6.23. The number of carbonyl (C=O) groups is 3. The second-order valence-electron chi connectivity index (χ2n) is 13.2. The van der Waals surface area contributed by atoms with E-state index in [2.05, 4.69) is 31.2 Å². The van der Waals surface area contributed by atoms with Crippen molar-refractivity contribution in [2.75, 3.05) is 11.5 Å². The Morgan fingerprint density at radius 2 is 0.978 bits per heavy atom. The van der Waals surface area contributed by atoms with E-state index < -0.39 is 11.8 Å². The monoisotopic (exact) mass is 605 g/mol. The third-order valence-corrected chi connectivity index (χ3v) is 10.3. The van der Waals surface area contributed by atoms with Crippen LogP contribution in [0.15, 0.2) is 72.8 Å². The van der Waals surface area contributed by atoms with Crippen LogP contribution in [0.3, 0.4) is 0 Å². The number of hydrogen-bond donors (Lipinski definition) is 0. The molecule has 1 saturated heterocycles. The standard InChI is InChI=1S/C40H47NO4/c1-2-3-4-5-6-7-8-9-10-11-12-13-18-27-45-40(44)28-23-25-29(26-24-28)41-38(42)36-34-30-19-14-15-20-31(30)35(37(36)39(41)43)33-22-17-16-21-32(33)34/h14-17,19-26,34-37H,2-13,18,27H2,1H3/t34?,35?,36-,37+. The summed E-state index contributed by atoms with van der Waals surface area (Å²) in [5.41, 5.74) is 5.59. The SMILES string of the molecule is CCCCCCCCCCCCCCCOC(=O)c1ccc(N2C(=O)[C@@H]3C4c5ccccc5C(c5ccccc54)[C@@H]3C2=O)cc1. The maximum Gasteiger partial charge on any atom is 0.338 e. The van der Waals surface area contributed by atoms with Gasteiger partial charge in [-0.2, -0.15) is 0 Å². The van der Waals surface area contributed by atoms with Crippen molar-refractivity contribution >= 4 is 23.5 Å². The van der Waals surface area contributed by atoms with Gasteiger partial charge in [-0.25, -0.2) is 9.69 Å². The molecular formula is C40H47NO4. The molecule has 0 N–H and O–H groups in total. The molecule has 0 radical (unpaired) electrons. The number of imide groups is 1. The Kier molecular flexibility index (Phi) is 10.1. The Balaban J connectivity index is 0.977. The molecule has 5 nitrogen and oxygen atoms in total. The normalized spacial score (nSPS) is 21.0. The van der Waals surface area contributed by atoms with Gasteiger partial charge in [0.1, 0.15) is 0 Å². The van der Waals surface area contributed by atoms with Crippen molar-refractivity contribution in [1.29, 1.82) is 0 Å². The van der Waals surface area contributed by atoms with Gasteiger partial charge in [-0.05, 0) is 52.9 Å². The first-order valence-corrected chi connectivity index (χ1v) is 17.4. The minimum absolute atomic E-state index is 0.131. The second kappa shape index (κ2) is 14.6. The van der Waals surface area contributed by atoms with Gasteiger partial charge >= 0.3 is 5.97 Å². The van der Waals surface area contributed by atoms with Crippen molar-refractivity contribution in [1.82, 2.24) is 0 Å². The van der Waals surface area contributed by atoms with Gasteiger partial charge in [0.25, 0.3) is 0 Å². The average Bonchev–Trinajstić information content (AvgIpc) is 3.34. The van der Waals surface area contributed by atoms with E-state index >= 15 is 0 Å². The molecule has 4 aliphatic rings. The largest absolute Gasteiger partial charge is 0.462 e. The lowest BCUT2D eigenvalue weighted by Crippen LogP contribution is -2.41. The van der Waals surface area contributed by atoms with Crippen molar-refractivity contribution in [3.8, 4) is 0 Å². The van der Waals surface area contributed by atoms with Gasteiger partial charge in [0, 0.05) is 11.8 Å². The van der Waals surface area contributed by atoms with Gasteiger partial charge < -0.3 is 4.74 Å². The van der Waals surface area contributed by atoms with Crippen LogP contribution < -0.4 is 4.90 Å². The lowest BCUT2D eigenvalue weighted by molar-refractivity contribution is -0.122. The zero-order valence-electron chi connectivity index (χ0n) is 26.7. The molecule has 3 aromatic carbocycles. The van der Waals surface area contributed by atoms with Crippen LogP contribution >= 0.6 is 0 Å². The van der Waals surface area contributed by atoms with Gasteiger partial charge in [0.05, 0.1) is 29.7 Å². The highest BCUT2D eigenvalue weighted by atomic mass is 16.5. The van der Waals surface area contributed by atoms with E-state index in [0.717, 1.165) is 35.1 Å². The van der Waals surface area contributed by atoms with Gasteiger partial charge in [-0.1, -0.05) is 133 Å². The maximum absolute atomic E-state index is 14.0. The number of unbranched alkanes of at least 4 members (excludes halogenated alkanes) is 12. The molecule has 5 heteroatoms. The molecule has 0 aromatic heterocycles. The zero-order valence-corrected chi connectivity index (χ0v) is 26.7. The van der Waals surface area contributed by atoms with Crippen LogP contribution in [0.1, 0.15) is 135 Å². The number of amides is 2. The van der Waals surface area contributed by atoms with Crippen LogP contribution in [-0.4, -0.2) is 24.4 Å². The number of hydrogen-bond acceptors (Lipinski definition) is 4. The van der Waals surface area contributed by atoms with E-state index in [-0.39, 0.29) is 29.6 Å². The average molecular weight is 606 g/mol. The number of esters is 1. The van der Waals surface area contributed by atoms with Crippen molar-refractivity contribution in [2.45, 2.75) is 102 Å². The number of rotatable bonds is 16. The lowest BCUT2D eigenvalue weighted by Gasteiger charge is -2.45. The van der Waals surface area contributed by atoms with Crippen molar-refractivity contribution in [2.24, 2.45) is 11.8 Å². The smallest absolute Gasteiger partial charge is 0.338 e. The van der Waals surface area contributed by atoms with Crippen LogP contribution in [-0.2, 0) is 14.3 Å². The summed E-state index contributed by atoms with van der Waals surface area (Å²) in [6.07, 6.45) is 16.6. The van der Waals surface area contributed by atoms with Crippen molar-refractivity contribution in [3.05, 3.63) is 101 Å². The molecule has 3 aliphatic carbocycles. The molecule has 7 rings (SSSR count). The summed E-state index contributed by atoms with van der Waals surface area (Å²) < 4.78 is 5.53. The first-order valence-electron chi connectivity index (χ1n) is 17.4. The van der Waals surface area contributed by atoms with Crippen LogP contribution in [0.2, 0.25) is 0 Å². The third kappa shape index (κ3) is 6.36. The predicted molar refractivity (Wildman–Crippen MR) is 178 cm³/mol. The topological polar surface area (TPSA) is 63.7 Å². The summed E-state index contributed by atoms with van der Waals surface area (Å²) in [5, 5.41) is 0. The molecule has 2 bridgehead atoms. The Hall–Kier alpha value is -3.73. The van der Waals surface area contributed by atoms with Crippen LogP contribution in [0.4, 0.5) is 5.69 Å². The molecule has 1 aliphatic heterocycles. The molecule has 0 unspecified atom stereocenters. The van der Waals surface area contributed by atoms with Gasteiger partial charge in [-0.3, -0.25) is 9.59 Å². The molecular weight excluding hydrogens is 558 g/mol. The van der Waals surface area contributed by atoms with E-state index in [9.17, 15) is 14.4 Å². The van der Waals surface area contributed by atoms with Gasteiger partial charge in [-0.15, -0.1) is 0 Å². The second-order valence-corrected chi connectivity index (χ2v) is 13.2. The summed E-state index contributed by atoms with van der Waals surface area (Å²) in [6.45, 7) is 2.67. The predicted octanol–water partition coefficient (Wildman–Crippen LogP) is 9.33. The zero-order chi connectivity index (χ0) is 31.2. The molecule has 236 valence electrons. The number of nitrogens with zero attached hydrogens (tertiary/aromatic N) is 1. The molecule has 1 heterocycles. The van der Waals surface area contributed by atoms with E-state index in [0.29, 0.717) is 17.9 Å². The number of ether oxygens (including phenoxy) is 1. The number of benzene rings is 3. The molecule has 1 fully saturated rings. The quantitative estimate of drug-likeness (QED) is 0.0927. The van der Waals surface area contributed by atoms with Crippen molar-refractivity contribution in [3.63, 3.8) is 0 Å². The number of anilines is 1. The first-order chi connectivity index (χ1) is 22.1. The molecule has 2 atom stereocenters. The summed E-state index contributed by atoms with van der Waals surface area (Å²) in [5.74, 6) is -1.77.